The van der Waals surface area contributed by atoms with Crippen LogP contribution in [0.3, 0.4) is 0 Å². The molecule has 2 aromatic rings. The molecule has 0 bridgehead atoms. The quantitative estimate of drug-likeness (QED) is 0.813. The average Bonchev–Trinajstić information content (AvgIpc) is 3.00. The Morgan fingerprint density at radius 2 is 1.96 bits per heavy atom. The number of rotatable bonds is 3. The van der Waals surface area contributed by atoms with Crippen LogP contribution in [0.4, 0.5) is 0 Å². The van der Waals surface area contributed by atoms with Gasteiger partial charge in [0.05, 0.1) is 16.4 Å². The largest absolute Gasteiger partial charge is 0.338 e. The van der Waals surface area contributed by atoms with Gasteiger partial charge in [-0.25, -0.2) is 9.67 Å². The number of aryl methyl sites for hydroxylation is 4. The maximum absolute atomic E-state index is 12.7. The molecule has 4 rings (SSSR count). The topological polar surface area (TPSA) is 68.1 Å². The second-order valence-corrected chi connectivity index (χ2v) is 8.93. The number of carbonyl (C=O) groups is 1. The highest BCUT2D eigenvalue weighted by atomic mass is 32.1. The highest BCUT2D eigenvalue weighted by Crippen LogP contribution is 2.24. The van der Waals surface area contributed by atoms with Crippen LogP contribution < -0.4 is 5.56 Å². The Hall–Kier alpha value is -2.02. The summed E-state index contributed by atoms with van der Waals surface area (Å²) in [6.45, 7) is 5.97. The van der Waals surface area contributed by atoms with E-state index in [-0.39, 0.29) is 11.5 Å². The van der Waals surface area contributed by atoms with Gasteiger partial charge in [0.2, 0.25) is 0 Å². The van der Waals surface area contributed by atoms with Gasteiger partial charge in [0.15, 0.2) is 0 Å². The Morgan fingerprint density at radius 1 is 1.22 bits per heavy atom. The van der Waals surface area contributed by atoms with Crippen LogP contribution in [0.1, 0.15) is 57.3 Å². The lowest BCUT2D eigenvalue weighted by Gasteiger charge is -2.32. The van der Waals surface area contributed by atoms with E-state index in [9.17, 15) is 9.59 Å². The number of hydrogen-bond acceptors (Lipinski definition) is 5. The zero-order chi connectivity index (χ0) is 19.0. The fourth-order valence-corrected chi connectivity index (χ4v) is 5.06. The van der Waals surface area contributed by atoms with E-state index >= 15 is 0 Å². The summed E-state index contributed by atoms with van der Waals surface area (Å²) in [5.41, 5.74) is 3.09. The summed E-state index contributed by atoms with van der Waals surface area (Å²) in [5, 5.41) is 5.57. The van der Waals surface area contributed by atoms with E-state index in [2.05, 4.69) is 10.1 Å². The predicted molar refractivity (Wildman–Crippen MR) is 105 cm³/mol. The molecule has 1 fully saturated rings. The van der Waals surface area contributed by atoms with Crippen molar-refractivity contribution >= 4 is 17.2 Å². The number of hydrogen-bond donors (Lipinski definition) is 0. The highest BCUT2D eigenvalue weighted by Gasteiger charge is 2.27. The third-order valence-corrected chi connectivity index (χ3v) is 6.77. The molecule has 0 N–H and O–H groups in total. The molecule has 0 spiro atoms. The monoisotopic (exact) mass is 386 g/mol. The Bertz CT molecular complexity index is 909. The van der Waals surface area contributed by atoms with E-state index in [4.69, 9.17) is 0 Å². The first kappa shape index (κ1) is 18.3. The number of thiazole rings is 1. The van der Waals surface area contributed by atoms with Crippen molar-refractivity contribution < 1.29 is 4.79 Å². The minimum Gasteiger partial charge on any atom is -0.338 e. The molecule has 6 nitrogen and oxygen atoms in total. The zero-order valence-electron chi connectivity index (χ0n) is 16.0. The molecule has 2 aliphatic rings. The molecule has 0 atom stereocenters. The minimum atomic E-state index is 0.0184. The molecule has 0 radical (unpaired) electrons. The number of aromatic nitrogens is 3. The van der Waals surface area contributed by atoms with E-state index in [1.807, 2.05) is 18.7 Å². The van der Waals surface area contributed by atoms with Crippen molar-refractivity contribution in [3.8, 4) is 0 Å². The van der Waals surface area contributed by atoms with Crippen LogP contribution in [-0.2, 0) is 19.4 Å². The third kappa shape index (κ3) is 3.83. The zero-order valence-corrected chi connectivity index (χ0v) is 16.8. The first-order valence-corrected chi connectivity index (χ1v) is 10.7. The van der Waals surface area contributed by atoms with Gasteiger partial charge in [0.25, 0.3) is 11.5 Å². The molecule has 1 aliphatic heterocycles. The van der Waals surface area contributed by atoms with E-state index in [1.165, 1.54) is 11.3 Å². The SMILES string of the molecule is Cc1nc(C)c(C(=O)N2CCC(Cn3nc4c(cc3=O)CCCC4)CC2)s1. The number of likely N-dealkylation sites (tertiary alicyclic amines) is 1. The maximum Gasteiger partial charge on any atom is 0.267 e. The van der Waals surface area contributed by atoms with Gasteiger partial charge in [-0.2, -0.15) is 5.10 Å². The number of piperidine rings is 1. The normalized spacial score (nSPS) is 17.8. The number of nitrogens with zero attached hydrogens (tertiary/aromatic N) is 4. The second kappa shape index (κ2) is 7.54. The van der Waals surface area contributed by atoms with Gasteiger partial charge in [0.1, 0.15) is 4.88 Å². The van der Waals surface area contributed by atoms with Gasteiger partial charge in [0, 0.05) is 25.7 Å². The maximum atomic E-state index is 12.7. The summed E-state index contributed by atoms with van der Waals surface area (Å²) >= 11 is 1.48. The summed E-state index contributed by atoms with van der Waals surface area (Å²) < 4.78 is 1.66. The van der Waals surface area contributed by atoms with Crippen LogP contribution in [0.5, 0.6) is 0 Å². The first-order valence-electron chi connectivity index (χ1n) is 9.84. The fraction of sp³-hybridized carbons (Fsp3) is 0.600. The van der Waals surface area contributed by atoms with Gasteiger partial charge in [-0.05, 0) is 63.9 Å². The van der Waals surface area contributed by atoms with Gasteiger partial charge < -0.3 is 4.90 Å². The van der Waals surface area contributed by atoms with E-state index in [0.717, 1.165) is 78.5 Å². The van der Waals surface area contributed by atoms with Crippen molar-refractivity contribution in [2.45, 2.75) is 58.9 Å². The molecule has 0 saturated carbocycles. The summed E-state index contributed by atoms with van der Waals surface area (Å²) in [7, 11) is 0. The van der Waals surface area contributed by atoms with Crippen LogP contribution in [0.15, 0.2) is 10.9 Å². The van der Waals surface area contributed by atoms with Gasteiger partial charge in [-0.3, -0.25) is 9.59 Å². The van der Waals surface area contributed by atoms with Crippen molar-refractivity contribution in [2.24, 2.45) is 5.92 Å². The average molecular weight is 387 g/mol. The molecular weight excluding hydrogens is 360 g/mol. The smallest absolute Gasteiger partial charge is 0.267 e. The number of amides is 1. The molecule has 7 heteroatoms. The van der Waals surface area contributed by atoms with Crippen LogP contribution >= 0.6 is 11.3 Å². The first-order chi connectivity index (χ1) is 13.0. The number of fused-ring (bicyclic) bond motifs is 1. The molecule has 1 saturated heterocycles. The van der Waals surface area contributed by atoms with Crippen molar-refractivity contribution in [2.75, 3.05) is 13.1 Å². The number of carbonyl (C=O) groups excluding carboxylic acids is 1. The molecule has 0 unspecified atom stereocenters. The van der Waals surface area contributed by atoms with Crippen molar-refractivity contribution in [1.29, 1.82) is 0 Å². The van der Waals surface area contributed by atoms with Crippen LogP contribution in [0, 0.1) is 19.8 Å². The summed E-state index contributed by atoms with van der Waals surface area (Å²) in [6.07, 6.45) is 6.10. The molecule has 3 heterocycles. The van der Waals surface area contributed by atoms with Crippen LogP contribution in [0.2, 0.25) is 0 Å². The fourth-order valence-electron chi connectivity index (χ4n) is 4.17. The summed E-state index contributed by atoms with van der Waals surface area (Å²) in [5.74, 6) is 0.491. The van der Waals surface area contributed by atoms with Crippen LogP contribution in [-0.4, -0.2) is 38.7 Å². The van der Waals surface area contributed by atoms with E-state index < -0.39 is 0 Å². The van der Waals surface area contributed by atoms with E-state index in [0.29, 0.717) is 12.5 Å². The van der Waals surface area contributed by atoms with Crippen LogP contribution in [0.25, 0.3) is 0 Å². The molecule has 2 aromatic heterocycles. The third-order valence-electron chi connectivity index (χ3n) is 5.70. The molecule has 144 valence electrons. The highest BCUT2D eigenvalue weighted by molar-refractivity contribution is 7.13. The van der Waals surface area contributed by atoms with Crippen molar-refractivity contribution in [3.63, 3.8) is 0 Å². The van der Waals surface area contributed by atoms with E-state index in [1.54, 1.807) is 10.7 Å². The molecule has 0 aromatic carbocycles. The standard InChI is InChI=1S/C20H26N4O2S/c1-13-19(27-14(2)21-13)20(26)23-9-7-15(8-10-23)12-24-18(25)11-16-5-3-4-6-17(16)22-24/h11,15H,3-10,12H2,1-2H3. The lowest BCUT2D eigenvalue weighted by molar-refractivity contribution is 0.0684. The Kier molecular flexibility index (Phi) is 5.12. The van der Waals surface area contributed by atoms with Gasteiger partial charge >= 0.3 is 0 Å². The van der Waals surface area contributed by atoms with Gasteiger partial charge in [-0.15, -0.1) is 11.3 Å². The molecule has 27 heavy (non-hydrogen) atoms. The predicted octanol–water partition coefficient (Wildman–Crippen LogP) is 2.75. The summed E-state index contributed by atoms with van der Waals surface area (Å²) in [6, 6.07) is 1.79. The molecule has 1 amide bonds. The van der Waals surface area contributed by atoms with Crippen molar-refractivity contribution in [1.82, 2.24) is 19.7 Å². The molecular formula is C20H26N4O2S. The Balaban J connectivity index is 1.39. The summed E-state index contributed by atoms with van der Waals surface area (Å²) in [4.78, 5) is 32.2. The van der Waals surface area contributed by atoms with Gasteiger partial charge in [-0.1, -0.05) is 0 Å². The Morgan fingerprint density at radius 3 is 2.67 bits per heavy atom. The lowest BCUT2D eigenvalue weighted by Crippen LogP contribution is -2.40. The molecule has 1 aliphatic carbocycles. The Labute approximate surface area is 163 Å². The minimum absolute atomic E-state index is 0.0184. The lowest BCUT2D eigenvalue weighted by atomic mass is 9.95. The second-order valence-electron chi connectivity index (χ2n) is 7.73. The van der Waals surface area contributed by atoms with Crippen molar-refractivity contribution in [3.05, 3.63) is 43.3 Å².